The van der Waals surface area contributed by atoms with E-state index in [0.29, 0.717) is 5.56 Å². The summed E-state index contributed by atoms with van der Waals surface area (Å²) in [6, 6.07) is 11.7. The molecule has 0 saturated heterocycles. The maximum atomic E-state index is 8.27. The Hall–Kier alpha value is 0.873. The van der Waals surface area contributed by atoms with Crippen molar-refractivity contribution in [3.63, 3.8) is 0 Å². The molecule has 0 bridgehead atoms. The Kier molecular flexibility index (Phi) is 24.0. The normalized spacial score (nSPS) is 24.0. The van der Waals surface area contributed by atoms with Crippen LogP contribution in [0, 0.1) is 80.3 Å². The molecule has 0 unspecified atom stereocenters. The summed E-state index contributed by atoms with van der Waals surface area (Å²) >= 11 is 3.35. The third kappa shape index (κ3) is 14.6. The molecule has 265 valence electrons. The van der Waals surface area contributed by atoms with E-state index in [4.69, 9.17) is 5.26 Å². The molecule has 1 nitrogen and oxygen atoms in total. The van der Waals surface area contributed by atoms with Crippen LogP contribution in [-0.2, 0) is 31.6 Å². The Bertz CT molecular complexity index is 938. The first-order valence-corrected chi connectivity index (χ1v) is 22.9. The van der Waals surface area contributed by atoms with Crippen molar-refractivity contribution < 1.29 is 31.6 Å². The van der Waals surface area contributed by atoms with Gasteiger partial charge in [-0.3, -0.25) is 0 Å². The van der Waals surface area contributed by atoms with Crippen molar-refractivity contribution in [2.75, 3.05) is 0 Å². The smallest absolute Gasteiger partial charge is 0 e. The second kappa shape index (κ2) is 26.6. The average molecular weight is 795 g/mol. The van der Waals surface area contributed by atoms with Gasteiger partial charge in [-0.2, -0.15) is 35.6 Å². The van der Waals surface area contributed by atoms with Gasteiger partial charge in [0.1, 0.15) is 0 Å². The fourth-order valence-corrected chi connectivity index (χ4v) is 16.9. The molecule has 6 aliphatic rings. The Balaban J connectivity index is 0.000000337. The van der Waals surface area contributed by atoms with Gasteiger partial charge in [0.15, 0.2) is 0 Å². The van der Waals surface area contributed by atoms with E-state index >= 15 is 0 Å². The quantitative estimate of drug-likeness (QED) is 0.153. The second-order valence-electron chi connectivity index (χ2n) is 13.9. The van der Waals surface area contributed by atoms with Crippen molar-refractivity contribution in [1.82, 2.24) is 0 Å². The van der Waals surface area contributed by atoms with Gasteiger partial charge >= 0.3 is 24.8 Å². The van der Waals surface area contributed by atoms with Gasteiger partial charge in [0, 0.05) is 80.0 Å². The van der Waals surface area contributed by atoms with Gasteiger partial charge in [-0.15, -0.1) is 0 Å². The molecule has 0 heterocycles. The number of nitriles is 1. The Morgan fingerprint density at radius 1 is 0.653 bits per heavy atom. The van der Waals surface area contributed by atoms with Crippen LogP contribution in [0.1, 0.15) is 141 Å². The van der Waals surface area contributed by atoms with E-state index in [1.54, 1.807) is 35.8 Å². The van der Waals surface area contributed by atoms with Gasteiger partial charge in [0.25, 0.3) is 0 Å². The van der Waals surface area contributed by atoms with E-state index < -0.39 is 0 Å². The van der Waals surface area contributed by atoms with Crippen LogP contribution in [0.15, 0.2) is 24.3 Å². The van der Waals surface area contributed by atoms with Gasteiger partial charge in [-0.05, 0) is 79.7 Å². The second-order valence-corrected chi connectivity index (χ2v) is 19.7. The molecule has 49 heavy (non-hydrogen) atoms. The van der Waals surface area contributed by atoms with E-state index in [0.717, 1.165) is 28.3 Å². The SMILES string of the molecule is C[C@H]([C]1[C][C][C][C]1P(C1CCCCC1)C1CCCCC1)P(C1CCCCC1)C1CCCCC1.N#Cc1cc[c-]cc1.[C]1[C][C][C][C]1.[Cl][Ni].[Fe]. The van der Waals surface area contributed by atoms with E-state index in [-0.39, 0.29) is 32.9 Å². The molecule has 1 aromatic carbocycles. The maximum Gasteiger partial charge on any atom is 0 e. The minimum absolute atomic E-state index is 0. The van der Waals surface area contributed by atoms with Crippen molar-refractivity contribution in [3.05, 3.63) is 98.8 Å². The third-order valence-corrected chi connectivity index (χ3v) is 18.2. The number of halogens is 1. The molecule has 6 heteroatoms. The van der Waals surface area contributed by atoms with Crippen LogP contribution >= 0.6 is 26.0 Å². The molecule has 18 radical (unpaired) electrons. The van der Waals surface area contributed by atoms with E-state index in [1.165, 1.54) is 128 Å². The molecule has 6 aliphatic carbocycles. The summed E-state index contributed by atoms with van der Waals surface area (Å²) in [5.74, 6) is 1.64. The topological polar surface area (TPSA) is 23.8 Å². The monoisotopic (exact) mass is 793 g/mol. The first-order valence-electron chi connectivity index (χ1n) is 18.6. The predicted molar refractivity (Wildman–Crippen MR) is 199 cm³/mol. The Labute approximate surface area is 329 Å². The largest absolute Gasteiger partial charge is 0 e. The number of benzene rings is 1. The average Bonchev–Trinajstić information content (AvgIpc) is 3.92. The van der Waals surface area contributed by atoms with E-state index in [1.807, 2.05) is 6.07 Å². The Morgan fingerprint density at radius 2 is 1.04 bits per heavy atom. The molecular formula is C43H52ClFeNNiP2-. The van der Waals surface area contributed by atoms with Crippen molar-refractivity contribution in [3.8, 4) is 6.07 Å². The summed E-state index contributed by atoms with van der Waals surface area (Å²) in [4.78, 5) is 0. The first-order chi connectivity index (χ1) is 23.8. The summed E-state index contributed by atoms with van der Waals surface area (Å²) < 4.78 is 0. The first kappa shape index (κ1) is 44.3. The van der Waals surface area contributed by atoms with E-state index in [2.05, 4.69) is 89.1 Å². The van der Waals surface area contributed by atoms with Crippen LogP contribution < -0.4 is 0 Å². The molecule has 0 aromatic heterocycles. The van der Waals surface area contributed by atoms with Gasteiger partial charge in [0.05, 0.1) is 6.07 Å². The molecule has 0 spiro atoms. The molecular weight excluding hydrogens is 742 g/mol. The van der Waals surface area contributed by atoms with E-state index in [9.17, 15) is 0 Å². The van der Waals surface area contributed by atoms with Crippen LogP contribution in [0.5, 0.6) is 0 Å². The van der Waals surface area contributed by atoms with Gasteiger partial charge in [0.2, 0.25) is 0 Å². The minimum Gasteiger partial charge on any atom is 0 e. The number of rotatable bonds is 7. The molecule has 6 saturated carbocycles. The Morgan fingerprint density at radius 3 is 1.41 bits per heavy atom. The molecule has 0 aliphatic heterocycles. The predicted octanol–water partition coefficient (Wildman–Crippen LogP) is 12.5. The van der Waals surface area contributed by atoms with Crippen LogP contribution in [0.2, 0.25) is 0 Å². The van der Waals surface area contributed by atoms with Gasteiger partial charge in [-0.1, -0.05) is 105 Å². The summed E-state index contributed by atoms with van der Waals surface area (Å²) in [6.45, 7) is 2.65. The summed E-state index contributed by atoms with van der Waals surface area (Å²) in [6.07, 6.45) is 53.5. The zero-order chi connectivity index (χ0) is 33.8. The van der Waals surface area contributed by atoms with Crippen molar-refractivity contribution in [2.45, 2.75) is 164 Å². The zero-order valence-electron chi connectivity index (χ0n) is 29.2. The molecule has 0 N–H and O–H groups in total. The molecule has 1 aromatic rings. The number of nitrogens with zero attached hydrogens (tertiary/aromatic N) is 1. The molecule has 1 atom stereocenters. The van der Waals surface area contributed by atoms with Crippen LogP contribution in [0.4, 0.5) is 0 Å². The van der Waals surface area contributed by atoms with Gasteiger partial charge in [-0.25, -0.2) is 0 Å². The van der Waals surface area contributed by atoms with Crippen molar-refractivity contribution >= 4 is 26.0 Å². The summed E-state index contributed by atoms with van der Waals surface area (Å²) in [5, 5.41) is 8.27. The standard InChI is InChI=1S/C31H48P2.C7H4N.C5.ClH.Fe.Ni/c1-25(32(26-15-6-2-7-16-26)27-17-8-3-9-18-27)30-23-14-24-31(30)33(28-19-10-4-11-20-28)29-21-12-5-13-22-29;8-6-7-4-2-1-3-5-7;1-2-4-5-3-1;;;/h25-29H,2-13,15-22H2,1H3;2-5H;;1H;;/q;-1;;;;+1/p-1/t25-;;;;;/m1...../s1. The molecule has 0 amide bonds. The van der Waals surface area contributed by atoms with Crippen LogP contribution in [0.25, 0.3) is 0 Å². The summed E-state index contributed by atoms with van der Waals surface area (Å²) in [5.41, 5.74) is 7.11. The zero-order valence-corrected chi connectivity index (χ0v) is 33.9. The fourth-order valence-electron chi connectivity index (χ4n) is 8.63. The fraction of sp³-hybridized carbons (Fsp3) is 0.605. The van der Waals surface area contributed by atoms with Crippen LogP contribution in [-0.4, -0.2) is 28.3 Å². The number of hydrogen-bond acceptors (Lipinski definition) is 1. The minimum atomic E-state index is -0.0756. The van der Waals surface area contributed by atoms with Crippen molar-refractivity contribution in [2.24, 2.45) is 0 Å². The summed E-state index contributed by atoms with van der Waals surface area (Å²) in [7, 11) is 4.24. The molecule has 6 fully saturated rings. The number of hydrogen-bond donors (Lipinski definition) is 0. The van der Waals surface area contributed by atoms with Gasteiger partial charge < -0.3 is 0 Å². The third-order valence-electron chi connectivity index (χ3n) is 10.8. The van der Waals surface area contributed by atoms with Crippen molar-refractivity contribution in [1.29, 1.82) is 5.26 Å². The van der Waals surface area contributed by atoms with Crippen LogP contribution in [0.3, 0.4) is 0 Å². The maximum absolute atomic E-state index is 8.27. The molecule has 7 rings (SSSR count).